The molecule has 1 aliphatic rings. The molecule has 0 atom stereocenters. The normalized spacial score (nSPS) is 14.2. The molecule has 160 valence electrons. The Labute approximate surface area is 177 Å². The number of hydrogen-bond donors (Lipinski definition) is 0. The zero-order chi connectivity index (χ0) is 21.7. The van der Waals surface area contributed by atoms with E-state index in [4.69, 9.17) is 9.47 Å². The smallest absolute Gasteiger partial charge is 0.246 e. The Morgan fingerprint density at radius 3 is 2.37 bits per heavy atom. The summed E-state index contributed by atoms with van der Waals surface area (Å²) >= 11 is 0. The number of anilines is 2. The van der Waals surface area contributed by atoms with Gasteiger partial charge in [0, 0.05) is 52.4 Å². The van der Waals surface area contributed by atoms with Crippen molar-refractivity contribution in [2.75, 3.05) is 64.3 Å². The molecule has 0 saturated carbocycles. The highest BCUT2D eigenvalue weighted by atomic mass is 16.5. The standard InChI is InChI=1S/C22H29N5O3/c1-16-23-20(25(2)3)15-21(24-16)26-10-12-27(13-11-26)22(28)9-7-17-6-8-18(29-4)19(14-17)30-5/h6-9,14-15H,10-13H2,1-5H3/b9-7+. The van der Waals surface area contributed by atoms with Gasteiger partial charge in [-0.05, 0) is 30.7 Å². The van der Waals surface area contributed by atoms with Crippen molar-refractivity contribution in [3.63, 3.8) is 0 Å². The van der Waals surface area contributed by atoms with Gasteiger partial charge in [0.15, 0.2) is 11.5 Å². The highest BCUT2D eigenvalue weighted by Crippen LogP contribution is 2.28. The number of aromatic nitrogens is 2. The maximum Gasteiger partial charge on any atom is 0.246 e. The third-order valence-corrected chi connectivity index (χ3v) is 5.01. The van der Waals surface area contributed by atoms with Gasteiger partial charge in [-0.1, -0.05) is 6.07 Å². The SMILES string of the molecule is COc1ccc(/C=C/C(=O)N2CCN(c3cc(N(C)C)nc(C)n3)CC2)cc1OC. The fourth-order valence-electron chi connectivity index (χ4n) is 3.31. The summed E-state index contributed by atoms with van der Waals surface area (Å²) in [6.45, 7) is 4.67. The summed E-state index contributed by atoms with van der Waals surface area (Å²) in [4.78, 5) is 27.7. The predicted molar refractivity (Wildman–Crippen MR) is 118 cm³/mol. The second-order valence-electron chi connectivity index (χ2n) is 7.29. The first-order chi connectivity index (χ1) is 14.4. The lowest BCUT2D eigenvalue weighted by molar-refractivity contribution is -0.126. The van der Waals surface area contributed by atoms with Crippen molar-refractivity contribution in [2.24, 2.45) is 0 Å². The maximum atomic E-state index is 12.6. The quantitative estimate of drug-likeness (QED) is 0.675. The van der Waals surface area contributed by atoms with Gasteiger partial charge in [-0.2, -0.15) is 0 Å². The van der Waals surface area contributed by atoms with Crippen LogP contribution in [0.4, 0.5) is 11.6 Å². The number of benzene rings is 1. The molecular weight excluding hydrogens is 382 g/mol. The van der Waals surface area contributed by atoms with E-state index in [1.54, 1.807) is 26.4 Å². The van der Waals surface area contributed by atoms with Gasteiger partial charge >= 0.3 is 0 Å². The van der Waals surface area contributed by atoms with Gasteiger partial charge in [-0.3, -0.25) is 4.79 Å². The second kappa shape index (κ2) is 9.47. The number of carbonyl (C=O) groups is 1. The second-order valence-corrected chi connectivity index (χ2v) is 7.29. The van der Waals surface area contributed by atoms with E-state index in [0.29, 0.717) is 24.6 Å². The van der Waals surface area contributed by atoms with Crippen LogP contribution in [0.25, 0.3) is 6.08 Å². The minimum absolute atomic E-state index is 0.00252. The van der Waals surface area contributed by atoms with Crippen molar-refractivity contribution in [1.82, 2.24) is 14.9 Å². The highest BCUT2D eigenvalue weighted by Gasteiger charge is 2.21. The first-order valence-corrected chi connectivity index (χ1v) is 9.88. The van der Waals surface area contributed by atoms with Crippen molar-refractivity contribution in [3.8, 4) is 11.5 Å². The first kappa shape index (κ1) is 21.4. The summed E-state index contributed by atoms with van der Waals surface area (Å²) in [5.41, 5.74) is 0.882. The van der Waals surface area contributed by atoms with Crippen LogP contribution in [-0.2, 0) is 4.79 Å². The fourth-order valence-corrected chi connectivity index (χ4v) is 3.31. The number of ether oxygens (including phenoxy) is 2. The fraction of sp³-hybridized carbons (Fsp3) is 0.409. The Morgan fingerprint density at radius 1 is 1.03 bits per heavy atom. The molecule has 0 aliphatic carbocycles. The van der Waals surface area contributed by atoms with Gasteiger partial charge in [-0.15, -0.1) is 0 Å². The summed E-state index contributed by atoms with van der Waals surface area (Å²) in [7, 11) is 7.12. The molecule has 8 nitrogen and oxygen atoms in total. The Hall–Kier alpha value is -3.29. The van der Waals surface area contributed by atoms with Gasteiger partial charge < -0.3 is 24.2 Å². The number of nitrogens with zero attached hydrogens (tertiary/aromatic N) is 5. The summed E-state index contributed by atoms with van der Waals surface area (Å²) in [5, 5.41) is 0. The van der Waals surface area contributed by atoms with Crippen LogP contribution in [0.15, 0.2) is 30.3 Å². The number of amides is 1. The molecule has 1 aromatic carbocycles. The van der Waals surface area contributed by atoms with E-state index in [1.165, 1.54) is 0 Å². The van der Waals surface area contributed by atoms with Crippen molar-refractivity contribution >= 4 is 23.6 Å². The van der Waals surface area contributed by atoms with E-state index in [0.717, 1.165) is 36.1 Å². The van der Waals surface area contributed by atoms with E-state index >= 15 is 0 Å². The average molecular weight is 412 g/mol. The third-order valence-electron chi connectivity index (χ3n) is 5.01. The average Bonchev–Trinajstić information content (AvgIpc) is 2.76. The Balaban J connectivity index is 1.61. The molecule has 8 heteroatoms. The molecule has 2 heterocycles. The predicted octanol–water partition coefficient (Wildman–Crippen LogP) is 2.23. The van der Waals surface area contributed by atoms with Crippen LogP contribution in [0.5, 0.6) is 11.5 Å². The molecule has 30 heavy (non-hydrogen) atoms. The van der Waals surface area contributed by atoms with E-state index in [9.17, 15) is 4.79 Å². The zero-order valence-electron chi connectivity index (χ0n) is 18.3. The maximum absolute atomic E-state index is 12.6. The zero-order valence-corrected chi connectivity index (χ0v) is 18.3. The number of piperazine rings is 1. The van der Waals surface area contributed by atoms with Gasteiger partial charge in [0.05, 0.1) is 14.2 Å². The van der Waals surface area contributed by atoms with Crippen molar-refractivity contribution < 1.29 is 14.3 Å². The molecule has 2 aromatic rings. The minimum Gasteiger partial charge on any atom is -0.493 e. The van der Waals surface area contributed by atoms with Gasteiger partial charge in [0.2, 0.25) is 5.91 Å². The summed E-state index contributed by atoms with van der Waals surface area (Å²) in [6, 6.07) is 7.55. The Bertz CT molecular complexity index is 921. The highest BCUT2D eigenvalue weighted by molar-refractivity contribution is 5.92. The molecule has 0 unspecified atom stereocenters. The van der Waals surface area contributed by atoms with Crippen LogP contribution in [-0.4, -0.2) is 75.3 Å². The lowest BCUT2D eigenvalue weighted by Crippen LogP contribution is -2.48. The van der Waals surface area contributed by atoms with Crippen molar-refractivity contribution in [1.29, 1.82) is 0 Å². The molecule has 1 amide bonds. The van der Waals surface area contributed by atoms with Crippen molar-refractivity contribution in [2.45, 2.75) is 6.92 Å². The molecule has 3 rings (SSSR count). The number of rotatable bonds is 6. The molecule has 1 aromatic heterocycles. The number of aryl methyl sites for hydroxylation is 1. The first-order valence-electron chi connectivity index (χ1n) is 9.88. The monoisotopic (exact) mass is 411 g/mol. The van der Waals surface area contributed by atoms with Gasteiger partial charge in [0.25, 0.3) is 0 Å². The van der Waals surface area contributed by atoms with Crippen molar-refractivity contribution in [3.05, 3.63) is 41.7 Å². The molecule has 0 radical (unpaired) electrons. The molecule has 0 spiro atoms. The summed E-state index contributed by atoms with van der Waals surface area (Å²) in [5.74, 6) is 3.82. The third kappa shape index (κ3) is 5.00. The molecule has 0 bridgehead atoms. The van der Waals surface area contributed by atoms with E-state index in [1.807, 2.05) is 55.1 Å². The van der Waals surface area contributed by atoms with Gasteiger partial charge in [-0.25, -0.2) is 9.97 Å². The van der Waals surface area contributed by atoms with Crippen LogP contribution < -0.4 is 19.3 Å². The van der Waals surface area contributed by atoms with E-state index < -0.39 is 0 Å². The molecule has 1 saturated heterocycles. The molecular formula is C22H29N5O3. The summed E-state index contributed by atoms with van der Waals surface area (Å²) in [6.07, 6.45) is 3.41. The van der Waals surface area contributed by atoms with E-state index in [-0.39, 0.29) is 5.91 Å². The lowest BCUT2D eigenvalue weighted by Gasteiger charge is -2.35. The van der Waals surface area contributed by atoms with Gasteiger partial charge in [0.1, 0.15) is 17.5 Å². The Morgan fingerprint density at radius 2 is 1.73 bits per heavy atom. The van der Waals surface area contributed by atoms with Crippen LogP contribution >= 0.6 is 0 Å². The largest absolute Gasteiger partial charge is 0.493 e. The Kier molecular flexibility index (Phi) is 6.76. The van der Waals surface area contributed by atoms with Crippen LogP contribution in [0, 0.1) is 6.92 Å². The number of methoxy groups -OCH3 is 2. The topological polar surface area (TPSA) is 71.0 Å². The van der Waals surface area contributed by atoms with E-state index in [2.05, 4.69) is 14.9 Å². The molecule has 0 N–H and O–H groups in total. The van der Waals surface area contributed by atoms with Crippen LogP contribution in [0.1, 0.15) is 11.4 Å². The van der Waals surface area contributed by atoms with Crippen LogP contribution in [0.3, 0.4) is 0 Å². The minimum atomic E-state index is -0.00252. The van der Waals surface area contributed by atoms with Crippen LogP contribution in [0.2, 0.25) is 0 Å². The lowest BCUT2D eigenvalue weighted by atomic mass is 10.2. The molecule has 1 fully saturated rings. The molecule has 1 aliphatic heterocycles. The summed E-state index contributed by atoms with van der Waals surface area (Å²) < 4.78 is 10.6. The number of hydrogen-bond acceptors (Lipinski definition) is 7. The number of carbonyl (C=O) groups excluding carboxylic acids is 1.